The Morgan fingerprint density at radius 3 is 1.48 bits per heavy atom. The molecular weight excluding hydrogens is 351 g/mol. The van der Waals surface area contributed by atoms with Crippen molar-refractivity contribution < 1.29 is 4.57 Å². The van der Waals surface area contributed by atoms with E-state index in [1.165, 1.54) is 0 Å². The van der Waals surface area contributed by atoms with E-state index in [1.807, 2.05) is 60.7 Å². The lowest BCUT2D eigenvalue weighted by Gasteiger charge is -2.34. The molecular formula is C20H24ClN2OP. The maximum atomic E-state index is 13.5. The molecule has 0 saturated heterocycles. The second kappa shape index (κ2) is 9.74. The normalized spacial score (nSPS) is 11.6. The van der Waals surface area contributed by atoms with Crippen molar-refractivity contribution in [3.63, 3.8) is 0 Å². The summed E-state index contributed by atoms with van der Waals surface area (Å²) >= 11 is 6.64. The highest BCUT2D eigenvalue weighted by Crippen LogP contribution is 2.59. The first-order valence-electron chi connectivity index (χ1n) is 8.18. The van der Waals surface area contributed by atoms with Crippen LogP contribution in [0, 0.1) is 0 Å². The first-order valence-corrected chi connectivity index (χ1v) is 10.7. The molecule has 0 fully saturated rings. The van der Waals surface area contributed by atoms with Crippen LogP contribution in [-0.2, 0) is 17.7 Å². The number of hydrogen-bond donors (Lipinski definition) is 0. The molecule has 5 heteroatoms. The molecule has 2 aromatic rings. The Balaban J connectivity index is 2.25. The highest BCUT2D eigenvalue weighted by atomic mass is 35.7. The highest BCUT2D eigenvalue weighted by Gasteiger charge is 2.34. The van der Waals surface area contributed by atoms with Crippen LogP contribution in [0.5, 0.6) is 0 Å². The second-order valence-electron chi connectivity index (χ2n) is 5.72. The predicted octanol–water partition coefficient (Wildman–Crippen LogP) is 5.71. The van der Waals surface area contributed by atoms with Gasteiger partial charge in [0.25, 0.3) is 0 Å². The SMILES string of the molecule is C=CCN(Cc1ccccc1)P(=O)(Cl)N(CC=C)Cc1ccccc1. The fraction of sp³-hybridized carbons (Fsp3) is 0.200. The Morgan fingerprint density at radius 2 is 1.16 bits per heavy atom. The van der Waals surface area contributed by atoms with E-state index in [0.717, 1.165) is 11.1 Å². The largest absolute Gasteiger partial charge is 0.305 e. The minimum absolute atomic E-state index is 0.443. The molecule has 0 amide bonds. The molecule has 0 saturated carbocycles. The van der Waals surface area contributed by atoms with Crippen molar-refractivity contribution in [2.75, 3.05) is 13.1 Å². The van der Waals surface area contributed by atoms with Crippen LogP contribution >= 0.6 is 18.0 Å². The Hall–Kier alpha value is -1.64. The summed E-state index contributed by atoms with van der Waals surface area (Å²) in [6, 6.07) is 19.8. The van der Waals surface area contributed by atoms with Crippen molar-refractivity contribution in [3.05, 3.63) is 97.1 Å². The van der Waals surface area contributed by atoms with E-state index in [0.29, 0.717) is 26.2 Å². The third kappa shape index (κ3) is 5.69. The van der Waals surface area contributed by atoms with Gasteiger partial charge in [-0.3, -0.25) is 4.57 Å². The van der Waals surface area contributed by atoms with Gasteiger partial charge in [0, 0.05) is 26.2 Å². The van der Waals surface area contributed by atoms with Crippen LogP contribution in [0.1, 0.15) is 11.1 Å². The minimum Gasteiger partial charge on any atom is -0.271 e. The third-order valence-corrected chi connectivity index (χ3v) is 7.08. The molecule has 132 valence electrons. The maximum absolute atomic E-state index is 13.5. The Kier molecular flexibility index (Phi) is 7.67. The average molecular weight is 375 g/mol. The zero-order valence-corrected chi connectivity index (χ0v) is 15.9. The summed E-state index contributed by atoms with van der Waals surface area (Å²) in [5.74, 6) is 0. The summed E-state index contributed by atoms with van der Waals surface area (Å²) in [5, 5.41) is 0. The van der Waals surface area contributed by atoms with Crippen molar-refractivity contribution in [2.45, 2.75) is 13.1 Å². The van der Waals surface area contributed by atoms with Crippen molar-refractivity contribution in [1.82, 2.24) is 9.34 Å². The van der Waals surface area contributed by atoms with Crippen molar-refractivity contribution in [2.24, 2.45) is 0 Å². The smallest absolute Gasteiger partial charge is 0.271 e. The zero-order chi connectivity index (χ0) is 18.1. The molecule has 0 spiro atoms. The fourth-order valence-corrected chi connectivity index (χ4v) is 4.93. The molecule has 3 nitrogen and oxygen atoms in total. The lowest BCUT2D eigenvalue weighted by atomic mass is 10.2. The molecule has 0 aliphatic heterocycles. The van der Waals surface area contributed by atoms with Gasteiger partial charge in [-0.05, 0) is 22.4 Å². The molecule has 2 rings (SSSR count). The van der Waals surface area contributed by atoms with Gasteiger partial charge in [0.05, 0.1) is 0 Å². The quantitative estimate of drug-likeness (QED) is 0.393. The summed E-state index contributed by atoms with van der Waals surface area (Å²) in [7, 11) is 0. The highest BCUT2D eigenvalue weighted by molar-refractivity contribution is 7.85. The van der Waals surface area contributed by atoms with Crippen LogP contribution in [-0.4, -0.2) is 22.4 Å². The lowest BCUT2D eigenvalue weighted by Crippen LogP contribution is -2.29. The van der Waals surface area contributed by atoms with E-state index >= 15 is 0 Å². The standard InChI is InChI=1S/C20H24ClN2OP/c1-3-15-22(17-19-11-7-5-8-12-19)25(21,24)23(16-4-2)18-20-13-9-6-10-14-20/h3-14H,1-2,15-18H2. The van der Waals surface area contributed by atoms with Crippen molar-refractivity contribution in [1.29, 1.82) is 0 Å². The topological polar surface area (TPSA) is 23.6 Å². The van der Waals surface area contributed by atoms with Gasteiger partial charge in [-0.15, -0.1) is 13.2 Å². The van der Waals surface area contributed by atoms with Crippen LogP contribution in [0.3, 0.4) is 0 Å². The molecule has 0 heterocycles. The summed E-state index contributed by atoms with van der Waals surface area (Å²) < 4.78 is 17.1. The number of benzene rings is 2. The summed E-state index contributed by atoms with van der Waals surface area (Å²) in [6.07, 6.45) is 3.46. The Bertz CT molecular complexity index is 661. The molecule has 0 bridgehead atoms. The van der Waals surface area contributed by atoms with Crippen LogP contribution < -0.4 is 0 Å². The van der Waals surface area contributed by atoms with Crippen molar-refractivity contribution in [3.8, 4) is 0 Å². The first-order chi connectivity index (χ1) is 12.1. The van der Waals surface area contributed by atoms with Crippen molar-refractivity contribution >= 4 is 18.0 Å². The monoisotopic (exact) mass is 374 g/mol. The summed E-state index contributed by atoms with van der Waals surface area (Å²) in [6.45, 7) is 6.17. The summed E-state index contributed by atoms with van der Waals surface area (Å²) in [5.41, 5.74) is 2.12. The molecule has 0 aromatic heterocycles. The van der Waals surface area contributed by atoms with Crippen LogP contribution in [0.25, 0.3) is 0 Å². The molecule has 0 aliphatic carbocycles. The fourth-order valence-electron chi connectivity index (χ4n) is 2.57. The molecule has 0 atom stereocenters. The lowest BCUT2D eigenvalue weighted by molar-refractivity contribution is 0.366. The number of hydrogen-bond acceptors (Lipinski definition) is 1. The third-order valence-electron chi connectivity index (χ3n) is 3.79. The predicted molar refractivity (Wildman–Crippen MR) is 108 cm³/mol. The van der Waals surface area contributed by atoms with E-state index in [4.69, 9.17) is 11.2 Å². The summed E-state index contributed by atoms with van der Waals surface area (Å²) in [4.78, 5) is 0. The maximum Gasteiger partial charge on any atom is 0.305 e. The molecule has 2 aromatic carbocycles. The minimum atomic E-state index is -3.28. The average Bonchev–Trinajstić information content (AvgIpc) is 2.63. The number of halogens is 1. The van der Waals surface area contributed by atoms with E-state index in [-0.39, 0.29) is 0 Å². The van der Waals surface area contributed by atoms with Gasteiger partial charge in [0.2, 0.25) is 0 Å². The molecule has 0 radical (unpaired) electrons. The van der Waals surface area contributed by atoms with E-state index in [9.17, 15) is 4.57 Å². The Labute approximate surface area is 155 Å². The van der Waals surface area contributed by atoms with Gasteiger partial charge in [0.15, 0.2) is 0 Å². The van der Waals surface area contributed by atoms with Gasteiger partial charge in [0.1, 0.15) is 0 Å². The second-order valence-corrected chi connectivity index (χ2v) is 9.11. The van der Waals surface area contributed by atoms with Crippen LogP contribution in [0.15, 0.2) is 86.0 Å². The van der Waals surface area contributed by atoms with Gasteiger partial charge in [-0.25, -0.2) is 9.34 Å². The number of nitrogens with zero attached hydrogens (tertiary/aromatic N) is 2. The first kappa shape index (κ1) is 19.7. The van der Waals surface area contributed by atoms with Gasteiger partial charge >= 0.3 is 6.80 Å². The van der Waals surface area contributed by atoms with Gasteiger partial charge in [-0.2, -0.15) is 0 Å². The molecule has 0 aliphatic rings. The van der Waals surface area contributed by atoms with Crippen LogP contribution in [0.2, 0.25) is 0 Å². The molecule has 0 N–H and O–H groups in total. The number of rotatable bonds is 10. The molecule has 0 unspecified atom stereocenters. The van der Waals surface area contributed by atoms with E-state index in [1.54, 1.807) is 21.5 Å². The molecule has 25 heavy (non-hydrogen) atoms. The zero-order valence-electron chi connectivity index (χ0n) is 14.3. The van der Waals surface area contributed by atoms with Gasteiger partial charge in [-0.1, -0.05) is 72.8 Å². The van der Waals surface area contributed by atoms with E-state index < -0.39 is 6.80 Å². The van der Waals surface area contributed by atoms with Gasteiger partial charge < -0.3 is 0 Å². The Morgan fingerprint density at radius 1 is 0.800 bits per heavy atom. The van der Waals surface area contributed by atoms with Crippen LogP contribution in [0.4, 0.5) is 0 Å². The van der Waals surface area contributed by atoms with E-state index in [2.05, 4.69) is 13.2 Å².